The number of hydrogen-bond donors (Lipinski definition) is 0. The van der Waals surface area contributed by atoms with Crippen molar-refractivity contribution < 1.29 is 4.74 Å². The van der Waals surface area contributed by atoms with Crippen molar-refractivity contribution in [1.82, 2.24) is 14.4 Å². The average molecular weight is 338 g/mol. The lowest BCUT2D eigenvalue weighted by Crippen LogP contribution is -1.93. The molecule has 120 valence electrons. The standard InChI is InChI=1S/C19H15N3O.ClH/c1-23-18-12-14(8-9-16(18)17-7-2-4-10-20-17)19-21-13-15-6-3-5-11-22(15)19;/h2-13H,1H3;1H. The molecule has 3 aromatic heterocycles. The first-order valence-corrected chi connectivity index (χ1v) is 7.39. The molecule has 1 aromatic carbocycles. The molecule has 24 heavy (non-hydrogen) atoms. The molecule has 0 spiro atoms. The number of imidazole rings is 1. The number of hydrogen-bond acceptors (Lipinski definition) is 3. The highest BCUT2D eigenvalue weighted by molar-refractivity contribution is 5.85. The molecule has 4 aromatic rings. The molecule has 0 aliphatic rings. The molecule has 0 saturated carbocycles. The number of halogens is 1. The first-order chi connectivity index (χ1) is 11.4. The highest BCUT2D eigenvalue weighted by Gasteiger charge is 2.11. The fourth-order valence-electron chi connectivity index (χ4n) is 2.72. The molecular formula is C19H16ClN3O. The molecule has 5 heteroatoms. The lowest BCUT2D eigenvalue weighted by Gasteiger charge is -2.10. The summed E-state index contributed by atoms with van der Waals surface area (Å²) in [4.78, 5) is 8.93. The number of fused-ring (bicyclic) bond motifs is 1. The van der Waals surface area contributed by atoms with Gasteiger partial charge in [-0.2, -0.15) is 0 Å². The van der Waals surface area contributed by atoms with Gasteiger partial charge in [-0.15, -0.1) is 12.4 Å². The summed E-state index contributed by atoms with van der Waals surface area (Å²) in [5.74, 6) is 1.68. The molecule has 4 nitrogen and oxygen atoms in total. The third-order valence-electron chi connectivity index (χ3n) is 3.84. The van der Waals surface area contributed by atoms with Crippen LogP contribution in [-0.2, 0) is 0 Å². The third kappa shape index (κ3) is 2.72. The van der Waals surface area contributed by atoms with Crippen molar-refractivity contribution in [3.05, 3.63) is 73.2 Å². The highest BCUT2D eigenvalue weighted by atomic mass is 35.5. The van der Waals surface area contributed by atoms with Gasteiger partial charge in [0.05, 0.1) is 24.5 Å². The fraction of sp³-hybridized carbons (Fsp3) is 0.0526. The Morgan fingerprint density at radius 3 is 2.62 bits per heavy atom. The zero-order valence-electron chi connectivity index (χ0n) is 13.1. The fourth-order valence-corrected chi connectivity index (χ4v) is 2.72. The van der Waals surface area contributed by atoms with Crippen molar-refractivity contribution in [2.24, 2.45) is 0 Å². The molecule has 0 amide bonds. The van der Waals surface area contributed by atoms with Crippen molar-refractivity contribution in [3.8, 4) is 28.4 Å². The summed E-state index contributed by atoms with van der Waals surface area (Å²) >= 11 is 0. The van der Waals surface area contributed by atoms with Gasteiger partial charge in [0, 0.05) is 23.5 Å². The van der Waals surface area contributed by atoms with Crippen LogP contribution < -0.4 is 4.74 Å². The third-order valence-corrected chi connectivity index (χ3v) is 3.84. The summed E-state index contributed by atoms with van der Waals surface area (Å²) in [6.45, 7) is 0. The van der Waals surface area contributed by atoms with E-state index in [4.69, 9.17) is 4.74 Å². The maximum Gasteiger partial charge on any atom is 0.144 e. The van der Waals surface area contributed by atoms with E-state index in [0.29, 0.717) is 0 Å². The second-order valence-electron chi connectivity index (χ2n) is 5.21. The quantitative estimate of drug-likeness (QED) is 0.553. The number of pyridine rings is 2. The zero-order valence-corrected chi connectivity index (χ0v) is 13.9. The molecule has 0 aliphatic carbocycles. The highest BCUT2D eigenvalue weighted by Crippen LogP contribution is 2.32. The number of benzene rings is 1. The van der Waals surface area contributed by atoms with Crippen molar-refractivity contribution in [3.63, 3.8) is 0 Å². The first kappa shape index (κ1) is 16.0. The Balaban J connectivity index is 0.00000169. The normalized spacial score (nSPS) is 10.4. The topological polar surface area (TPSA) is 39.4 Å². The van der Waals surface area contributed by atoms with Crippen molar-refractivity contribution in [1.29, 1.82) is 0 Å². The van der Waals surface area contributed by atoms with Gasteiger partial charge < -0.3 is 4.74 Å². The summed E-state index contributed by atoms with van der Waals surface area (Å²) in [6.07, 6.45) is 5.66. The summed E-state index contributed by atoms with van der Waals surface area (Å²) in [6, 6.07) is 18.0. The van der Waals surface area contributed by atoms with E-state index >= 15 is 0 Å². The minimum absolute atomic E-state index is 0. The lowest BCUT2D eigenvalue weighted by atomic mass is 10.1. The number of rotatable bonds is 3. The van der Waals surface area contributed by atoms with Crippen LogP contribution in [0, 0.1) is 0 Å². The van der Waals surface area contributed by atoms with Crippen LogP contribution >= 0.6 is 12.4 Å². The predicted molar refractivity (Wildman–Crippen MR) is 97.7 cm³/mol. The Kier molecular flexibility index (Phi) is 4.49. The molecule has 0 saturated heterocycles. The molecule has 0 unspecified atom stereocenters. The van der Waals surface area contributed by atoms with Gasteiger partial charge >= 0.3 is 0 Å². The number of methoxy groups -OCH3 is 1. The molecule has 0 radical (unpaired) electrons. The minimum atomic E-state index is 0. The van der Waals surface area contributed by atoms with Crippen LogP contribution in [0.3, 0.4) is 0 Å². The second kappa shape index (κ2) is 6.72. The van der Waals surface area contributed by atoms with E-state index in [0.717, 1.165) is 33.9 Å². The summed E-state index contributed by atoms with van der Waals surface area (Å²) in [5.41, 5.74) is 3.93. The lowest BCUT2D eigenvalue weighted by molar-refractivity contribution is 0.416. The maximum absolute atomic E-state index is 5.57. The monoisotopic (exact) mass is 337 g/mol. The van der Waals surface area contributed by atoms with Crippen molar-refractivity contribution in [2.75, 3.05) is 7.11 Å². The smallest absolute Gasteiger partial charge is 0.144 e. The molecule has 0 atom stereocenters. The number of aromatic nitrogens is 3. The van der Waals surface area contributed by atoms with E-state index in [2.05, 4.69) is 14.4 Å². The maximum atomic E-state index is 5.57. The average Bonchev–Trinajstić information content (AvgIpc) is 3.06. The molecular weight excluding hydrogens is 322 g/mol. The molecule has 0 bridgehead atoms. The summed E-state index contributed by atoms with van der Waals surface area (Å²) < 4.78 is 7.64. The Labute approximate surface area is 146 Å². The van der Waals surface area contributed by atoms with Gasteiger partial charge in [0.1, 0.15) is 11.6 Å². The number of nitrogens with zero attached hydrogens (tertiary/aromatic N) is 3. The van der Waals surface area contributed by atoms with Crippen molar-refractivity contribution >= 4 is 17.9 Å². The Morgan fingerprint density at radius 1 is 0.958 bits per heavy atom. The van der Waals surface area contributed by atoms with Crippen LogP contribution in [-0.4, -0.2) is 21.5 Å². The Bertz CT molecular complexity index is 967. The molecule has 0 aliphatic heterocycles. The SMILES string of the molecule is COc1cc(-c2ncc3ccccn23)ccc1-c1ccccn1.Cl. The van der Waals surface area contributed by atoms with Gasteiger partial charge in [-0.25, -0.2) is 4.98 Å². The van der Waals surface area contributed by atoms with Crippen molar-refractivity contribution in [2.45, 2.75) is 0 Å². The molecule has 0 fully saturated rings. The van der Waals surface area contributed by atoms with E-state index in [1.165, 1.54) is 0 Å². The van der Waals surface area contributed by atoms with E-state index in [9.17, 15) is 0 Å². The summed E-state index contributed by atoms with van der Waals surface area (Å²) in [5, 5.41) is 0. The van der Waals surface area contributed by atoms with Crippen LogP contribution in [0.15, 0.2) is 73.2 Å². The van der Waals surface area contributed by atoms with Gasteiger partial charge in [-0.05, 0) is 36.4 Å². The van der Waals surface area contributed by atoms with Gasteiger partial charge in [-0.1, -0.05) is 18.2 Å². The van der Waals surface area contributed by atoms with Gasteiger partial charge in [-0.3, -0.25) is 9.38 Å². The van der Waals surface area contributed by atoms with Gasteiger partial charge in [0.15, 0.2) is 0 Å². The van der Waals surface area contributed by atoms with Crippen LogP contribution in [0.2, 0.25) is 0 Å². The van der Waals surface area contributed by atoms with E-state index in [-0.39, 0.29) is 12.4 Å². The Hall–Kier alpha value is -2.85. The number of ether oxygens (including phenoxy) is 1. The van der Waals surface area contributed by atoms with Crippen LogP contribution in [0.1, 0.15) is 0 Å². The first-order valence-electron chi connectivity index (χ1n) is 7.39. The van der Waals surface area contributed by atoms with E-state index in [1.54, 1.807) is 13.3 Å². The zero-order chi connectivity index (χ0) is 15.6. The van der Waals surface area contributed by atoms with Crippen LogP contribution in [0.4, 0.5) is 0 Å². The largest absolute Gasteiger partial charge is 0.496 e. The summed E-state index contributed by atoms with van der Waals surface area (Å²) in [7, 11) is 1.68. The van der Waals surface area contributed by atoms with E-state index in [1.807, 2.05) is 67.0 Å². The predicted octanol–water partition coefficient (Wildman–Crippen LogP) is 4.49. The Morgan fingerprint density at radius 2 is 1.83 bits per heavy atom. The minimum Gasteiger partial charge on any atom is -0.496 e. The molecule has 0 N–H and O–H groups in total. The van der Waals surface area contributed by atoms with Crippen LogP contribution in [0.5, 0.6) is 5.75 Å². The van der Waals surface area contributed by atoms with Crippen LogP contribution in [0.25, 0.3) is 28.2 Å². The second-order valence-corrected chi connectivity index (χ2v) is 5.21. The van der Waals surface area contributed by atoms with E-state index < -0.39 is 0 Å². The molecule has 4 rings (SSSR count). The molecule has 3 heterocycles. The van der Waals surface area contributed by atoms with Gasteiger partial charge in [0.2, 0.25) is 0 Å². The van der Waals surface area contributed by atoms with Gasteiger partial charge in [0.25, 0.3) is 0 Å².